The quantitative estimate of drug-likeness (QED) is 0.822. The Bertz CT molecular complexity index is 522. The first-order chi connectivity index (χ1) is 9.81. The molecule has 21 heavy (non-hydrogen) atoms. The second kappa shape index (κ2) is 7.24. The molecule has 1 amide bonds. The summed E-state index contributed by atoms with van der Waals surface area (Å²) in [6.45, 7) is 5.88. The van der Waals surface area contributed by atoms with Crippen molar-refractivity contribution in [1.82, 2.24) is 14.7 Å². The van der Waals surface area contributed by atoms with Crippen LogP contribution in [-0.2, 0) is 35.9 Å². The van der Waals surface area contributed by atoms with Gasteiger partial charge >= 0.3 is 5.97 Å². The fourth-order valence-corrected chi connectivity index (χ4v) is 2.47. The van der Waals surface area contributed by atoms with E-state index in [1.807, 2.05) is 25.6 Å². The molecule has 118 valence electrons. The van der Waals surface area contributed by atoms with Gasteiger partial charge in [0.15, 0.2) is 0 Å². The number of aromatic nitrogens is 2. The Morgan fingerprint density at radius 1 is 1.33 bits per heavy atom. The number of likely N-dealkylation sites (N-methyl/N-ethyl adjacent to an activating group) is 1. The van der Waals surface area contributed by atoms with Crippen LogP contribution in [0.5, 0.6) is 0 Å². The van der Waals surface area contributed by atoms with E-state index in [4.69, 9.17) is 5.11 Å². The highest BCUT2D eigenvalue weighted by atomic mass is 16.4. The smallest absolute Gasteiger partial charge is 0.308 e. The molecule has 0 spiro atoms. The molecule has 0 aliphatic heterocycles. The van der Waals surface area contributed by atoms with Crippen LogP contribution < -0.4 is 0 Å². The van der Waals surface area contributed by atoms with E-state index in [2.05, 4.69) is 5.10 Å². The Kier molecular flexibility index (Phi) is 5.93. The molecule has 0 radical (unpaired) electrons. The molecule has 0 aromatic carbocycles. The standard InChI is InChI=1S/C15H25N3O3/c1-6-12-11(13(7-2)18(5)16-12)8-14(19)17(4)9-10(3)15(20)21/h10H,6-9H2,1-5H3,(H,20,21). The van der Waals surface area contributed by atoms with Crippen LogP contribution in [0.4, 0.5) is 0 Å². The van der Waals surface area contributed by atoms with Crippen LogP contribution >= 0.6 is 0 Å². The van der Waals surface area contributed by atoms with E-state index in [0.29, 0.717) is 0 Å². The third-order valence-electron chi connectivity index (χ3n) is 3.75. The van der Waals surface area contributed by atoms with Crippen LogP contribution in [0.3, 0.4) is 0 Å². The first-order valence-electron chi connectivity index (χ1n) is 7.32. The summed E-state index contributed by atoms with van der Waals surface area (Å²) in [6, 6.07) is 0. The van der Waals surface area contributed by atoms with Crippen LogP contribution in [0.2, 0.25) is 0 Å². The SMILES string of the molecule is CCc1nn(C)c(CC)c1CC(=O)N(C)CC(C)C(=O)O. The zero-order chi connectivity index (χ0) is 16.2. The fraction of sp³-hybridized carbons (Fsp3) is 0.667. The van der Waals surface area contributed by atoms with Gasteiger partial charge in [0.05, 0.1) is 18.0 Å². The topological polar surface area (TPSA) is 75.4 Å². The number of carboxylic acid groups (broad SMARTS) is 1. The van der Waals surface area contributed by atoms with Crippen molar-refractivity contribution in [3.05, 3.63) is 17.0 Å². The number of amides is 1. The number of hydrogen-bond acceptors (Lipinski definition) is 3. The van der Waals surface area contributed by atoms with E-state index in [9.17, 15) is 9.59 Å². The number of aryl methyl sites for hydroxylation is 2. The lowest BCUT2D eigenvalue weighted by molar-refractivity contribution is -0.142. The van der Waals surface area contributed by atoms with E-state index < -0.39 is 11.9 Å². The summed E-state index contributed by atoms with van der Waals surface area (Å²) < 4.78 is 1.83. The molecule has 1 rings (SSSR count). The van der Waals surface area contributed by atoms with Crippen molar-refractivity contribution in [3.63, 3.8) is 0 Å². The molecular formula is C15H25N3O3. The zero-order valence-electron chi connectivity index (χ0n) is 13.5. The van der Waals surface area contributed by atoms with E-state index in [1.54, 1.807) is 14.0 Å². The number of nitrogens with zero attached hydrogens (tertiary/aromatic N) is 3. The van der Waals surface area contributed by atoms with Gasteiger partial charge in [-0.1, -0.05) is 20.8 Å². The molecule has 1 unspecified atom stereocenters. The van der Waals surface area contributed by atoms with Gasteiger partial charge < -0.3 is 10.0 Å². The van der Waals surface area contributed by atoms with Gasteiger partial charge in [-0.15, -0.1) is 0 Å². The number of rotatable bonds is 7. The summed E-state index contributed by atoms with van der Waals surface area (Å²) in [4.78, 5) is 24.7. The highest BCUT2D eigenvalue weighted by Gasteiger charge is 2.21. The van der Waals surface area contributed by atoms with Gasteiger partial charge in [-0.3, -0.25) is 14.3 Å². The van der Waals surface area contributed by atoms with Gasteiger partial charge in [0.2, 0.25) is 5.91 Å². The number of carbonyl (C=O) groups is 2. The van der Waals surface area contributed by atoms with Crippen molar-refractivity contribution in [2.24, 2.45) is 13.0 Å². The van der Waals surface area contributed by atoms with Crippen molar-refractivity contribution >= 4 is 11.9 Å². The van der Waals surface area contributed by atoms with Crippen LogP contribution in [0.15, 0.2) is 0 Å². The summed E-state index contributed by atoms with van der Waals surface area (Å²) in [5.41, 5.74) is 3.00. The maximum atomic E-state index is 12.3. The number of carboxylic acids is 1. The molecule has 1 atom stereocenters. The summed E-state index contributed by atoms with van der Waals surface area (Å²) in [7, 11) is 3.54. The van der Waals surface area contributed by atoms with Crippen LogP contribution in [0.25, 0.3) is 0 Å². The van der Waals surface area contributed by atoms with E-state index in [1.165, 1.54) is 4.90 Å². The first-order valence-corrected chi connectivity index (χ1v) is 7.32. The Labute approximate surface area is 125 Å². The van der Waals surface area contributed by atoms with Crippen molar-refractivity contribution in [1.29, 1.82) is 0 Å². The Hall–Kier alpha value is -1.85. The summed E-state index contributed by atoms with van der Waals surface area (Å²) in [5.74, 6) is -1.52. The number of hydrogen-bond donors (Lipinski definition) is 1. The molecule has 0 saturated carbocycles. The molecular weight excluding hydrogens is 270 g/mol. The van der Waals surface area contributed by atoms with Crippen molar-refractivity contribution in [3.8, 4) is 0 Å². The molecule has 0 fully saturated rings. The number of aliphatic carboxylic acids is 1. The Morgan fingerprint density at radius 3 is 2.43 bits per heavy atom. The molecule has 1 aromatic rings. The molecule has 0 aliphatic carbocycles. The summed E-state index contributed by atoms with van der Waals surface area (Å²) in [5, 5.41) is 13.4. The average molecular weight is 295 g/mol. The fourth-order valence-electron chi connectivity index (χ4n) is 2.47. The van der Waals surface area contributed by atoms with Crippen molar-refractivity contribution < 1.29 is 14.7 Å². The third kappa shape index (κ3) is 4.06. The molecule has 1 aromatic heterocycles. The second-order valence-corrected chi connectivity index (χ2v) is 5.39. The molecule has 1 heterocycles. The zero-order valence-corrected chi connectivity index (χ0v) is 13.5. The molecule has 6 heteroatoms. The van der Waals surface area contributed by atoms with Gasteiger partial charge in [-0.25, -0.2) is 0 Å². The van der Waals surface area contributed by atoms with E-state index in [0.717, 1.165) is 29.8 Å². The van der Waals surface area contributed by atoms with E-state index >= 15 is 0 Å². The van der Waals surface area contributed by atoms with Crippen LogP contribution in [0, 0.1) is 5.92 Å². The maximum absolute atomic E-state index is 12.3. The molecule has 0 saturated heterocycles. The van der Waals surface area contributed by atoms with Gasteiger partial charge in [0, 0.05) is 31.9 Å². The largest absolute Gasteiger partial charge is 0.481 e. The van der Waals surface area contributed by atoms with Gasteiger partial charge in [0.25, 0.3) is 0 Å². The van der Waals surface area contributed by atoms with Crippen molar-refractivity contribution in [2.45, 2.75) is 40.0 Å². The lowest BCUT2D eigenvalue weighted by Crippen LogP contribution is -2.34. The molecule has 6 nitrogen and oxygen atoms in total. The minimum atomic E-state index is -0.889. The van der Waals surface area contributed by atoms with E-state index in [-0.39, 0.29) is 18.9 Å². The van der Waals surface area contributed by atoms with Gasteiger partial charge in [0.1, 0.15) is 0 Å². The molecule has 0 bridgehead atoms. The molecule has 0 aliphatic rings. The van der Waals surface area contributed by atoms with Crippen molar-refractivity contribution in [2.75, 3.05) is 13.6 Å². The minimum absolute atomic E-state index is 0.0690. The first kappa shape index (κ1) is 17.2. The van der Waals surface area contributed by atoms with Crippen LogP contribution in [0.1, 0.15) is 37.7 Å². The predicted octanol–water partition coefficient (Wildman–Crippen LogP) is 1.27. The normalized spacial score (nSPS) is 12.2. The Morgan fingerprint density at radius 2 is 1.95 bits per heavy atom. The highest BCUT2D eigenvalue weighted by Crippen LogP contribution is 2.17. The second-order valence-electron chi connectivity index (χ2n) is 5.39. The van der Waals surface area contributed by atoms with Gasteiger partial charge in [-0.05, 0) is 12.8 Å². The average Bonchev–Trinajstić information content (AvgIpc) is 2.73. The van der Waals surface area contributed by atoms with Crippen LogP contribution in [-0.4, -0.2) is 45.3 Å². The summed E-state index contributed by atoms with van der Waals surface area (Å²) in [6.07, 6.45) is 1.88. The number of carbonyl (C=O) groups excluding carboxylic acids is 1. The lowest BCUT2D eigenvalue weighted by Gasteiger charge is -2.19. The minimum Gasteiger partial charge on any atom is -0.481 e. The predicted molar refractivity (Wildman–Crippen MR) is 80.1 cm³/mol. The molecule has 1 N–H and O–H groups in total. The maximum Gasteiger partial charge on any atom is 0.308 e. The lowest BCUT2D eigenvalue weighted by atomic mass is 10.0. The summed E-state index contributed by atoms with van der Waals surface area (Å²) >= 11 is 0. The highest BCUT2D eigenvalue weighted by molar-refractivity contribution is 5.80. The Balaban J connectivity index is 2.85. The third-order valence-corrected chi connectivity index (χ3v) is 3.75. The van der Waals surface area contributed by atoms with Gasteiger partial charge in [-0.2, -0.15) is 5.10 Å². The monoisotopic (exact) mass is 295 g/mol.